The fourth-order valence-corrected chi connectivity index (χ4v) is 1.27. The van der Waals surface area contributed by atoms with Crippen LogP contribution in [0.15, 0.2) is 4.99 Å². The first kappa shape index (κ1) is 9.56. The van der Waals surface area contributed by atoms with Crippen molar-refractivity contribution in [2.75, 3.05) is 13.1 Å². The molecule has 1 N–H and O–H groups in total. The summed E-state index contributed by atoms with van der Waals surface area (Å²) in [6, 6.07) is 0. The SMILES string of the molecule is CC(C)(C)CCNC1=NCCC1. The van der Waals surface area contributed by atoms with E-state index in [4.69, 9.17) is 0 Å². The van der Waals surface area contributed by atoms with E-state index in [-0.39, 0.29) is 0 Å². The molecule has 0 radical (unpaired) electrons. The van der Waals surface area contributed by atoms with Crippen LogP contribution < -0.4 is 5.32 Å². The third kappa shape index (κ3) is 3.74. The lowest BCUT2D eigenvalue weighted by molar-refractivity contribution is 0.378. The van der Waals surface area contributed by atoms with E-state index in [9.17, 15) is 0 Å². The third-order valence-electron chi connectivity index (χ3n) is 2.08. The molecule has 0 spiro atoms. The maximum absolute atomic E-state index is 4.36. The Bertz CT molecular complexity index is 165. The van der Waals surface area contributed by atoms with Crippen molar-refractivity contribution in [1.29, 1.82) is 0 Å². The maximum Gasteiger partial charge on any atom is 0.0963 e. The van der Waals surface area contributed by atoms with E-state index >= 15 is 0 Å². The molecule has 70 valence electrons. The van der Waals surface area contributed by atoms with Crippen molar-refractivity contribution >= 4 is 5.84 Å². The van der Waals surface area contributed by atoms with Crippen molar-refractivity contribution in [2.45, 2.75) is 40.0 Å². The van der Waals surface area contributed by atoms with Crippen LogP contribution in [0.4, 0.5) is 0 Å². The molecule has 0 aliphatic carbocycles. The predicted octanol–water partition coefficient (Wildman–Crippen LogP) is 2.20. The molecule has 0 aromatic carbocycles. The molecule has 0 aromatic heterocycles. The van der Waals surface area contributed by atoms with Crippen LogP contribution in [0.3, 0.4) is 0 Å². The molecule has 1 heterocycles. The van der Waals surface area contributed by atoms with Gasteiger partial charge in [-0.2, -0.15) is 0 Å². The minimum absolute atomic E-state index is 0.437. The minimum Gasteiger partial charge on any atom is -0.374 e. The van der Waals surface area contributed by atoms with Gasteiger partial charge in [0.15, 0.2) is 0 Å². The van der Waals surface area contributed by atoms with Crippen molar-refractivity contribution in [1.82, 2.24) is 5.32 Å². The van der Waals surface area contributed by atoms with Gasteiger partial charge in [-0.25, -0.2) is 0 Å². The molecular weight excluding hydrogens is 148 g/mol. The molecule has 2 nitrogen and oxygen atoms in total. The summed E-state index contributed by atoms with van der Waals surface area (Å²) in [4.78, 5) is 4.36. The monoisotopic (exact) mass is 168 g/mol. The highest BCUT2D eigenvalue weighted by Crippen LogP contribution is 2.17. The Kier molecular flexibility index (Phi) is 3.12. The van der Waals surface area contributed by atoms with Crippen LogP contribution in [-0.2, 0) is 0 Å². The van der Waals surface area contributed by atoms with E-state index in [0.717, 1.165) is 19.5 Å². The maximum atomic E-state index is 4.36. The second-order valence-electron chi connectivity index (χ2n) is 4.67. The summed E-state index contributed by atoms with van der Waals surface area (Å²) in [5, 5.41) is 3.39. The van der Waals surface area contributed by atoms with Crippen molar-refractivity contribution in [2.24, 2.45) is 10.4 Å². The summed E-state index contributed by atoms with van der Waals surface area (Å²) in [6.45, 7) is 8.90. The average molecular weight is 168 g/mol. The summed E-state index contributed by atoms with van der Waals surface area (Å²) in [5.74, 6) is 1.22. The first-order chi connectivity index (χ1) is 5.58. The van der Waals surface area contributed by atoms with Crippen LogP contribution >= 0.6 is 0 Å². The summed E-state index contributed by atoms with van der Waals surface area (Å²) in [5.41, 5.74) is 0.437. The summed E-state index contributed by atoms with van der Waals surface area (Å²) >= 11 is 0. The van der Waals surface area contributed by atoms with E-state index in [0.29, 0.717) is 5.41 Å². The topological polar surface area (TPSA) is 24.4 Å². The first-order valence-corrected chi connectivity index (χ1v) is 4.85. The van der Waals surface area contributed by atoms with E-state index in [1.807, 2.05) is 0 Å². The van der Waals surface area contributed by atoms with Crippen molar-refractivity contribution in [3.63, 3.8) is 0 Å². The summed E-state index contributed by atoms with van der Waals surface area (Å²) in [7, 11) is 0. The molecule has 1 aliphatic rings. The number of rotatable bonds is 2. The number of hydrogen-bond acceptors (Lipinski definition) is 2. The van der Waals surface area contributed by atoms with Gasteiger partial charge in [-0.1, -0.05) is 20.8 Å². The average Bonchev–Trinajstić information content (AvgIpc) is 2.36. The quantitative estimate of drug-likeness (QED) is 0.671. The van der Waals surface area contributed by atoms with E-state index in [2.05, 4.69) is 31.1 Å². The second-order valence-corrected chi connectivity index (χ2v) is 4.67. The van der Waals surface area contributed by atoms with Gasteiger partial charge in [0, 0.05) is 19.5 Å². The van der Waals surface area contributed by atoms with Gasteiger partial charge in [0.05, 0.1) is 5.84 Å². The van der Waals surface area contributed by atoms with Crippen LogP contribution in [0.5, 0.6) is 0 Å². The number of aliphatic imine (C=N–C) groups is 1. The van der Waals surface area contributed by atoms with Crippen LogP contribution in [0.25, 0.3) is 0 Å². The van der Waals surface area contributed by atoms with Crippen LogP contribution in [-0.4, -0.2) is 18.9 Å². The lowest BCUT2D eigenvalue weighted by Crippen LogP contribution is -2.25. The summed E-state index contributed by atoms with van der Waals surface area (Å²) < 4.78 is 0. The zero-order valence-electron chi connectivity index (χ0n) is 8.48. The predicted molar refractivity (Wildman–Crippen MR) is 53.6 cm³/mol. The molecular formula is C10H20N2. The molecule has 1 aliphatic heterocycles. The molecule has 0 atom stereocenters. The van der Waals surface area contributed by atoms with Gasteiger partial charge in [-0.15, -0.1) is 0 Å². The van der Waals surface area contributed by atoms with Crippen LogP contribution in [0.1, 0.15) is 40.0 Å². The molecule has 0 unspecified atom stereocenters. The number of nitrogens with one attached hydrogen (secondary N) is 1. The van der Waals surface area contributed by atoms with Gasteiger partial charge in [0.1, 0.15) is 0 Å². The van der Waals surface area contributed by atoms with Crippen molar-refractivity contribution in [3.05, 3.63) is 0 Å². The van der Waals surface area contributed by atoms with Crippen LogP contribution in [0, 0.1) is 5.41 Å². The summed E-state index contributed by atoms with van der Waals surface area (Å²) in [6.07, 6.45) is 3.61. The van der Waals surface area contributed by atoms with Crippen molar-refractivity contribution < 1.29 is 0 Å². The Morgan fingerprint density at radius 1 is 1.42 bits per heavy atom. The Labute approximate surface area is 75.5 Å². The molecule has 0 fully saturated rings. The number of hydrogen-bond donors (Lipinski definition) is 1. The van der Waals surface area contributed by atoms with E-state index < -0.39 is 0 Å². The lowest BCUT2D eigenvalue weighted by atomic mass is 9.92. The zero-order chi connectivity index (χ0) is 9.03. The number of amidine groups is 1. The molecule has 0 aromatic rings. The largest absolute Gasteiger partial charge is 0.374 e. The van der Waals surface area contributed by atoms with Gasteiger partial charge in [-0.3, -0.25) is 4.99 Å². The Morgan fingerprint density at radius 3 is 2.67 bits per heavy atom. The highest BCUT2D eigenvalue weighted by molar-refractivity contribution is 5.83. The zero-order valence-corrected chi connectivity index (χ0v) is 8.48. The normalized spacial score (nSPS) is 17.8. The van der Waals surface area contributed by atoms with E-state index in [1.165, 1.54) is 18.7 Å². The molecule has 0 saturated heterocycles. The van der Waals surface area contributed by atoms with Gasteiger partial charge < -0.3 is 5.32 Å². The molecule has 0 saturated carbocycles. The van der Waals surface area contributed by atoms with Gasteiger partial charge in [0.2, 0.25) is 0 Å². The highest BCUT2D eigenvalue weighted by atomic mass is 15.0. The minimum atomic E-state index is 0.437. The van der Waals surface area contributed by atoms with Crippen molar-refractivity contribution in [3.8, 4) is 0 Å². The van der Waals surface area contributed by atoms with E-state index in [1.54, 1.807) is 0 Å². The Balaban J connectivity index is 2.10. The standard InChI is InChI=1S/C10H20N2/c1-10(2,3)6-8-12-9-5-4-7-11-9/h4-8H2,1-3H3,(H,11,12). The van der Waals surface area contributed by atoms with Gasteiger partial charge in [-0.05, 0) is 18.3 Å². The molecule has 0 bridgehead atoms. The number of nitrogens with zero attached hydrogens (tertiary/aromatic N) is 1. The fraction of sp³-hybridized carbons (Fsp3) is 0.900. The van der Waals surface area contributed by atoms with Crippen LogP contribution in [0.2, 0.25) is 0 Å². The Morgan fingerprint density at radius 2 is 2.17 bits per heavy atom. The van der Waals surface area contributed by atoms with Gasteiger partial charge in [0.25, 0.3) is 0 Å². The lowest BCUT2D eigenvalue weighted by Gasteiger charge is -2.18. The Hall–Kier alpha value is -0.530. The molecule has 2 heteroatoms. The smallest absolute Gasteiger partial charge is 0.0963 e. The first-order valence-electron chi connectivity index (χ1n) is 4.85. The molecule has 0 amide bonds. The fourth-order valence-electron chi connectivity index (χ4n) is 1.27. The third-order valence-corrected chi connectivity index (χ3v) is 2.08. The molecule has 12 heavy (non-hydrogen) atoms. The van der Waals surface area contributed by atoms with Gasteiger partial charge >= 0.3 is 0 Å². The molecule has 1 rings (SSSR count). The highest BCUT2D eigenvalue weighted by Gasteiger charge is 2.10. The second kappa shape index (κ2) is 3.92.